The number of hydrogen-bond donors (Lipinski definition) is 3. The van der Waals surface area contributed by atoms with E-state index in [4.69, 9.17) is 9.97 Å². The van der Waals surface area contributed by atoms with Gasteiger partial charge in [-0.2, -0.15) is 10.1 Å². The molecule has 7 rings (SSSR count). The van der Waals surface area contributed by atoms with E-state index in [0.29, 0.717) is 17.4 Å². The molecule has 0 aromatic carbocycles. The standard InChI is InChI=1S/C20H27N7/c1-21-10-20-8-13(9-20)27(11-20)19-22-15-4-2-3-14(15)18(24-19)23-17-7-16(25-26-17)12-5-6-12/h7,12-13,21H,2-6,8-11H2,1H3,(H2,22,23,24,25,26). The third-order valence-corrected chi connectivity index (χ3v) is 6.88. The number of rotatable bonds is 6. The van der Waals surface area contributed by atoms with Crippen molar-refractivity contribution in [3.05, 3.63) is 23.0 Å². The van der Waals surface area contributed by atoms with E-state index in [1.165, 1.54) is 49.1 Å². The van der Waals surface area contributed by atoms with Crippen molar-refractivity contribution in [3.63, 3.8) is 0 Å². The molecule has 4 fully saturated rings. The predicted molar refractivity (Wildman–Crippen MR) is 105 cm³/mol. The zero-order valence-corrected chi connectivity index (χ0v) is 15.9. The van der Waals surface area contributed by atoms with E-state index in [0.717, 1.165) is 43.5 Å². The summed E-state index contributed by atoms with van der Waals surface area (Å²) in [4.78, 5) is 12.4. The number of aromatic amines is 1. The van der Waals surface area contributed by atoms with Crippen LogP contribution in [-0.2, 0) is 12.8 Å². The van der Waals surface area contributed by atoms with Gasteiger partial charge in [0, 0.05) is 47.8 Å². The fourth-order valence-electron chi connectivity index (χ4n) is 5.37. The number of hydrogen-bond acceptors (Lipinski definition) is 6. The highest BCUT2D eigenvalue weighted by atomic mass is 15.3. The summed E-state index contributed by atoms with van der Waals surface area (Å²) in [5, 5.41) is 14.5. The summed E-state index contributed by atoms with van der Waals surface area (Å²) >= 11 is 0. The Kier molecular flexibility index (Phi) is 3.33. The SMILES string of the molecule is CNCC12CC(C1)N(c1nc3c(c(Nc4cc(C5CC5)[nH]n4)n1)CCC3)C2. The smallest absolute Gasteiger partial charge is 0.227 e. The Bertz CT molecular complexity index is 878. The Balaban J connectivity index is 1.30. The molecule has 2 aromatic rings. The van der Waals surface area contributed by atoms with E-state index in [1.54, 1.807) is 0 Å². The van der Waals surface area contributed by atoms with Crippen LogP contribution in [0.2, 0.25) is 0 Å². The quantitative estimate of drug-likeness (QED) is 0.730. The predicted octanol–water partition coefficient (Wildman–Crippen LogP) is 2.50. The summed E-state index contributed by atoms with van der Waals surface area (Å²) in [6.07, 6.45) is 8.38. The van der Waals surface area contributed by atoms with E-state index in [1.807, 2.05) is 0 Å². The molecule has 3 aliphatic carbocycles. The van der Waals surface area contributed by atoms with Crippen molar-refractivity contribution in [2.24, 2.45) is 5.41 Å². The lowest BCUT2D eigenvalue weighted by Crippen LogP contribution is -2.41. The van der Waals surface area contributed by atoms with Crippen LogP contribution in [-0.4, -0.2) is 46.3 Å². The molecule has 27 heavy (non-hydrogen) atoms. The molecule has 0 spiro atoms. The van der Waals surface area contributed by atoms with Gasteiger partial charge in [-0.05, 0) is 52.0 Å². The minimum atomic E-state index is 0.427. The van der Waals surface area contributed by atoms with Crippen molar-refractivity contribution >= 4 is 17.6 Å². The molecule has 0 atom stereocenters. The van der Waals surface area contributed by atoms with Gasteiger partial charge in [-0.25, -0.2) is 4.98 Å². The summed E-state index contributed by atoms with van der Waals surface area (Å²) in [6, 6.07) is 2.76. The van der Waals surface area contributed by atoms with Gasteiger partial charge in [-0.15, -0.1) is 0 Å². The van der Waals surface area contributed by atoms with Crippen LogP contribution in [0.1, 0.15) is 55.0 Å². The van der Waals surface area contributed by atoms with Gasteiger partial charge in [0.15, 0.2) is 5.82 Å². The van der Waals surface area contributed by atoms with Gasteiger partial charge in [-0.1, -0.05) is 0 Å². The highest BCUT2D eigenvalue weighted by molar-refractivity contribution is 5.61. The van der Waals surface area contributed by atoms with Crippen molar-refractivity contribution in [2.75, 3.05) is 30.4 Å². The van der Waals surface area contributed by atoms with Gasteiger partial charge in [-0.3, -0.25) is 5.10 Å². The molecule has 2 aromatic heterocycles. The summed E-state index contributed by atoms with van der Waals surface area (Å²) < 4.78 is 0. The zero-order chi connectivity index (χ0) is 18.0. The van der Waals surface area contributed by atoms with Crippen molar-refractivity contribution in [1.82, 2.24) is 25.5 Å². The van der Waals surface area contributed by atoms with Crippen LogP contribution < -0.4 is 15.5 Å². The lowest BCUT2D eigenvalue weighted by Gasteiger charge is -2.36. The molecule has 7 heteroatoms. The molecule has 0 unspecified atom stereocenters. The van der Waals surface area contributed by atoms with E-state index >= 15 is 0 Å². The average Bonchev–Trinajstić information content (AvgIpc) is 3.03. The number of nitrogens with one attached hydrogen (secondary N) is 3. The number of anilines is 3. The van der Waals surface area contributed by atoms with Crippen molar-refractivity contribution in [1.29, 1.82) is 0 Å². The Morgan fingerprint density at radius 1 is 1.26 bits per heavy atom. The first-order valence-electron chi connectivity index (χ1n) is 10.4. The van der Waals surface area contributed by atoms with Gasteiger partial charge >= 0.3 is 0 Å². The van der Waals surface area contributed by atoms with Gasteiger partial charge in [0.25, 0.3) is 0 Å². The first-order valence-corrected chi connectivity index (χ1v) is 10.4. The highest BCUT2D eigenvalue weighted by Gasteiger charge is 2.55. The second-order valence-electron chi connectivity index (χ2n) is 8.98. The molecule has 4 heterocycles. The number of fused-ring (bicyclic) bond motifs is 2. The van der Waals surface area contributed by atoms with Gasteiger partial charge in [0.2, 0.25) is 5.95 Å². The van der Waals surface area contributed by atoms with Crippen LogP contribution >= 0.6 is 0 Å². The first kappa shape index (κ1) is 15.9. The molecule has 3 N–H and O–H groups in total. The number of aryl methyl sites for hydroxylation is 1. The molecule has 2 saturated heterocycles. The van der Waals surface area contributed by atoms with E-state index in [-0.39, 0.29) is 0 Å². The molecular weight excluding hydrogens is 338 g/mol. The molecule has 5 aliphatic rings. The Morgan fingerprint density at radius 2 is 2.15 bits per heavy atom. The topological polar surface area (TPSA) is 81.8 Å². The lowest BCUT2D eigenvalue weighted by molar-refractivity contribution is 0.196. The van der Waals surface area contributed by atoms with Crippen LogP contribution in [0.25, 0.3) is 0 Å². The molecule has 2 aliphatic heterocycles. The minimum absolute atomic E-state index is 0.427. The Hall–Kier alpha value is -2.15. The fraction of sp³-hybridized carbons (Fsp3) is 0.650. The molecule has 0 amide bonds. The summed E-state index contributed by atoms with van der Waals surface area (Å²) in [5.41, 5.74) is 4.19. The molecule has 7 nitrogen and oxygen atoms in total. The number of nitrogens with zero attached hydrogens (tertiary/aromatic N) is 4. The maximum absolute atomic E-state index is 4.99. The second kappa shape index (κ2) is 5.67. The second-order valence-corrected chi connectivity index (χ2v) is 8.98. The molecule has 142 valence electrons. The van der Waals surface area contributed by atoms with Crippen LogP contribution in [0.15, 0.2) is 6.07 Å². The highest BCUT2D eigenvalue weighted by Crippen LogP contribution is 2.52. The molecular formula is C20H27N7. The first-order chi connectivity index (χ1) is 13.2. The molecule has 0 radical (unpaired) electrons. The third-order valence-electron chi connectivity index (χ3n) is 6.88. The van der Waals surface area contributed by atoms with Crippen molar-refractivity contribution < 1.29 is 0 Å². The van der Waals surface area contributed by atoms with Gasteiger partial charge in [0.05, 0.1) is 5.69 Å². The van der Waals surface area contributed by atoms with Gasteiger partial charge < -0.3 is 15.5 Å². The van der Waals surface area contributed by atoms with Crippen LogP contribution in [0.4, 0.5) is 17.6 Å². The minimum Gasteiger partial charge on any atom is -0.337 e. The van der Waals surface area contributed by atoms with Crippen molar-refractivity contribution in [2.45, 2.75) is 56.9 Å². The van der Waals surface area contributed by atoms with Crippen LogP contribution in [0, 0.1) is 5.41 Å². The summed E-state index contributed by atoms with van der Waals surface area (Å²) in [6.45, 7) is 2.16. The van der Waals surface area contributed by atoms with E-state index in [9.17, 15) is 0 Å². The average molecular weight is 365 g/mol. The van der Waals surface area contributed by atoms with Crippen LogP contribution in [0.3, 0.4) is 0 Å². The monoisotopic (exact) mass is 365 g/mol. The summed E-state index contributed by atoms with van der Waals surface area (Å²) in [5.74, 6) is 3.44. The van der Waals surface area contributed by atoms with E-state index < -0.39 is 0 Å². The molecule has 2 bridgehead atoms. The van der Waals surface area contributed by atoms with E-state index in [2.05, 4.69) is 38.8 Å². The number of aromatic nitrogens is 4. The maximum atomic E-state index is 4.99. The van der Waals surface area contributed by atoms with Crippen molar-refractivity contribution in [3.8, 4) is 0 Å². The summed E-state index contributed by atoms with van der Waals surface area (Å²) in [7, 11) is 2.05. The Labute approximate surface area is 159 Å². The van der Waals surface area contributed by atoms with Gasteiger partial charge in [0.1, 0.15) is 5.82 Å². The normalized spacial score (nSPS) is 28.3. The Morgan fingerprint density at radius 3 is 2.96 bits per heavy atom. The molecule has 2 saturated carbocycles. The maximum Gasteiger partial charge on any atom is 0.227 e. The largest absolute Gasteiger partial charge is 0.337 e. The number of H-pyrrole nitrogens is 1. The lowest BCUT2D eigenvalue weighted by atomic mass is 9.70. The third kappa shape index (κ3) is 2.55. The van der Waals surface area contributed by atoms with Crippen LogP contribution in [0.5, 0.6) is 0 Å². The zero-order valence-electron chi connectivity index (χ0n) is 15.9. The fourth-order valence-corrected chi connectivity index (χ4v) is 5.37.